The van der Waals surface area contributed by atoms with Crippen molar-refractivity contribution in [2.45, 2.75) is 13.5 Å². The van der Waals surface area contributed by atoms with Crippen LogP contribution in [0.3, 0.4) is 0 Å². The molecule has 4 N–H and O–H groups in total. The molecular weight excluding hydrogens is 471 g/mol. The predicted octanol–water partition coefficient (Wildman–Crippen LogP) is 4.73. The van der Waals surface area contributed by atoms with E-state index < -0.39 is 11.7 Å². The highest BCUT2D eigenvalue weighted by Crippen LogP contribution is 2.39. The zero-order valence-corrected chi connectivity index (χ0v) is 19.7. The highest BCUT2D eigenvalue weighted by molar-refractivity contribution is 6.20. The zero-order chi connectivity index (χ0) is 25.8. The van der Waals surface area contributed by atoms with Gasteiger partial charge in [0, 0.05) is 16.3 Å². The van der Waals surface area contributed by atoms with E-state index >= 15 is 0 Å². The summed E-state index contributed by atoms with van der Waals surface area (Å²) in [5.74, 6) is -1.11. The number of carbonyl (C=O) groups excluding carboxylic acids is 1. The van der Waals surface area contributed by atoms with Gasteiger partial charge in [-0.15, -0.1) is 0 Å². The van der Waals surface area contributed by atoms with Crippen LogP contribution in [0.25, 0.3) is 49.5 Å². The number of aliphatic hydroxyl groups excluding tert-OH is 1. The number of benzene rings is 4. The fourth-order valence-corrected chi connectivity index (χ4v) is 5.05. The second kappa shape index (κ2) is 8.39. The number of aromatic nitrogens is 3. The summed E-state index contributed by atoms with van der Waals surface area (Å²) in [5, 5.41) is 11.5. The lowest BCUT2D eigenvalue weighted by Crippen LogP contribution is -2.20. The van der Waals surface area contributed by atoms with Crippen LogP contribution in [0, 0.1) is 12.7 Å². The van der Waals surface area contributed by atoms with Crippen molar-refractivity contribution in [2.24, 2.45) is 5.73 Å². The van der Waals surface area contributed by atoms with Crippen molar-refractivity contribution >= 4 is 38.6 Å². The van der Waals surface area contributed by atoms with Crippen molar-refractivity contribution in [1.29, 1.82) is 0 Å². The Morgan fingerprint density at radius 1 is 1.05 bits per heavy atom. The summed E-state index contributed by atoms with van der Waals surface area (Å²) in [6.45, 7) is 1.79. The minimum Gasteiger partial charge on any atom is -0.392 e. The molecular formula is C29H21FN4O3. The lowest BCUT2D eigenvalue weighted by molar-refractivity contribution is 0.100. The van der Waals surface area contributed by atoms with Gasteiger partial charge in [-0.2, -0.15) is 0 Å². The number of hydrogen-bond donors (Lipinski definition) is 3. The standard InChI is InChI=1S/C29H21FN4O3/c1-15-17(4-3-7-24(15)34-14-32-26-21(29(34)37)5-2-6-22(26)30)18-10-11-20(28(31)36)27-25(18)19-9-8-16(13-35)12-23(19)33-27/h2-12,14,33,35H,13H2,1H3,(H2,31,36). The zero-order valence-electron chi connectivity index (χ0n) is 19.7. The van der Waals surface area contributed by atoms with E-state index in [-0.39, 0.29) is 23.1 Å². The number of H-pyrrole nitrogens is 1. The Labute approximate surface area is 209 Å². The molecule has 0 unspecified atom stereocenters. The van der Waals surface area contributed by atoms with Crippen LogP contribution in [0.5, 0.6) is 0 Å². The van der Waals surface area contributed by atoms with Gasteiger partial charge in [-0.25, -0.2) is 9.37 Å². The molecule has 0 spiro atoms. The number of carbonyl (C=O) groups is 1. The van der Waals surface area contributed by atoms with E-state index in [0.29, 0.717) is 16.8 Å². The van der Waals surface area contributed by atoms with Gasteiger partial charge in [-0.05, 0) is 59.5 Å². The van der Waals surface area contributed by atoms with Gasteiger partial charge in [-0.1, -0.05) is 36.4 Å². The summed E-state index contributed by atoms with van der Waals surface area (Å²) in [6, 6.07) is 19.0. The monoisotopic (exact) mass is 492 g/mol. The molecule has 7 nitrogen and oxygen atoms in total. The average Bonchev–Trinajstić information content (AvgIpc) is 3.28. The van der Waals surface area contributed by atoms with Crippen molar-refractivity contribution in [3.05, 3.63) is 106 Å². The number of nitrogens with two attached hydrogens (primary N) is 1. The summed E-state index contributed by atoms with van der Waals surface area (Å²) in [5.41, 5.74) is 10.9. The summed E-state index contributed by atoms with van der Waals surface area (Å²) in [7, 11) is 0. The van der Waals surface area contributed by atoms with Gasteiger partial charge in [0.15, 0.2) is 0 Å². The lowest BCUT2D eigenvalue weighted by atomic mass is 9.93. The Balaban J connectivity index is 1.64. The second-order valence-corrected chi connectivity index (χ2v) is 8.94. The van der Waals surface area contributed by atoms with Crippen molar-refractivity contribution in [2.75, 3.05) is 0 Å². The van der Waals surface area contributed by atoms with Gasteiger partial charge in [-0.3, -0.25) is 14.2 Å². The normalized spacial score (nSPS) is 11.5. The third-order valence-electron chi connectivity index (χ3n) is 6.86. The SMILES string of the molecule is Cc1c(-c2ccc(C(N)=O)c3[nH]c4cc(CO)ccc4c23)cccc1-n1cnc2c(F)cccc2c1=O. The molecule has 0 bridgehead atoms. The number of nitrogens with one attached hydrogen (secondary N) is 1. The molecule has 0 saturated heterocycles. The number of fused-ring (bicyclic) bond motifs is 4. The number of rotatable bonds is 4. The molecule has 0 fully saturated rings. The van der Waals surface area contributed by atoms with Gasteiger partial charge >= 0.3 is 0 Å². The van der Waals surface area contributed by atoms with Crippen molar-refractivity contribution in [3.63, 3.8) is 0 Å². The molecule has 4 aromatic carbocycles. The lowest BCUT2D eigenvalue weighted by Gasteiger charge is -2.15. The van der Waals surface area contributed by atoms with Crippen LogP contribution in [0.4, 0.5) is 4.39 Å². The van der Waals surface area contributed by atoms with Gasteiger partial charge in [0.1, 0.15) is 17.7 Å². The van der Waals surface area contributed by atoms with Crippen molar-refractivity contribution in [1.82, 2.24) is 14.5 Å². The summed E-state index contributed by atoms with van der Waals surface area (Å²) in [6.07, 6.45) is 1.34. The van der Waals surface area contributed by atoms with E-state index in [1.165, 1.54) is 23.0 Å². The van der Waals surface area contributed by atoms with Crippen LogP contribution >= 0.6 is 0 Å². The molecule has 8 heteroatoms. The quantitative estimate of drug-likeness (QED) is 0.330. The number of aromatic amines is 1. The number of amides is 1. The number of hydrogen-bond acceptors (Lipinski definition) is 4. The molecule has 2 heterocycles. The third kappa shape index (κ3) is 3.41. The first-order valence-electron chi connectivity index (χ1n) is 11.6. The second-order valence-electron chi connectivity index (χ2n) is 8.94. The Morgan fingerprint density at radius 3 is 2.65 bits per heavy atom. The first-order valence-corrected chi connectivity index (χ1v) is 11.6. The number of aliphatic hydroxyl groups is 1. The molecule has 2 aromatic heterocycles. The first-order chi connectivity index (χ1) is 17.9. The summed E-state index contributed by atoms with van der Waals surface area (Å²) >= 11 is 0. The Morgan fingerprint density at radius 2 is 1.86 bits per heavy atom. The van der Waals surface area contributed by atoms with E-state index in [1.54, 1.807) is 12.1 Å². The van der Waals surface area contributed by atoms with Gasteiger partial charge in [0.05, 0.1) is 28.8 Å². The fraction of sp³-hybridized carbons (Fsp3) is 0.0690. The Bertz CT molecular complexity index is 1960. The smallest absolute Gasteiger partial charge is 0.265 e. The van der Waals surface area contributed by atoms with Gasteiger partial charge in [0.2, 0.25) is 0 Å². The molecule has 1 amide bonds. The fourth-order valence-electron chi connectivity index (χ4n) is 5.05. The predicted molar refractivity (Wildman–Crippen MR) is 141 cm³/mol. The molecule has 0 saturated carbocycles. The molecule has 0 radical (unpaired) electrons. The molecule has 0 aliphatic carbocycles. The molecule has 6 aromatic rings. The molecule has 182 valence electrons. The number of halogens is 1. The van der Waals surface area contributed by atoms with Gasteiger partial charge in [0.25, 0.3) is 11.5 Å². The maximum atomic E-state index is 14.2. The molecule has 0 aliphatic heterocycles. The number of primary amides is 1. The third-order valence-corrected chi connectivity index (χ3v) is 6.86. The highest BCUT2D eigenvalue weighted by Gasteiger charge is 2.19. The van der Waals surface area contributed by atoms with Crippen LogP contribution < -0.4 is 11.3 Å². The van der Waals surface area contributed by atoms with E-state index in [0.717, 1.165) is 38.5 Å². The molecule has 37 heavy (non-hydrogen) atoms. The van der Waals surface area contributed by atoms with Crippen molar-refractivity contribution < 1.29 is 14.3 Å². The summed E-state index contributed by atoms with van der Waals surface area (Å²) < 4.78 is 15.6. The van der Waals surface area contributed by atoms with E-state index in [9.17, 15) is 19.1 Å². The molecule has 0 atom stereocenters. The van der Waals surface area contributed by atoms with Crippen LogP contribution in [-0.2, 0) is 6.61 Å². The first kappa shape index (κ1) is 22.6. The van der Waals surface area contributed by atoms with Crippen LogP contribution in [0.1, 0.15) is 21.5 Å². The van der Waals surface area contributed by atoms with Crippen molar-refractivity contribution in [3.8, 4) is 16.8 Å². The van der Waals surface area contributed by atoms with Crippen LogP contribution in [0.2, 0.25) is 0 Å². The number of para-hydroxylation sites is 1. The Hall–Kier alpha value is -4.82. The largest absolute Gasteiger partial charge is 0.392 e. The molecule has 6 rings (SSSR count). The van der Waals surface area contributed by atoms with E-state index in [4.69, 9.17) is 5.73 Å². The molecule has 0 aliphatic rings. The van der Waals surface area contributed by atoms with Crippen LogP contribution in [0.15, 0.2) is 77.9 Å². The van der Waals surface area contributed by atoms with E-state index in [2.05, 4.69) is 9.97 Å². The number of nitrogens with zero attached hydrogens (tertiary/aromatic N) is 2. The summed E-state index contributed by atoms with van der Waals surface area (Å²) in [4.78, 5) is 33.0. The Kier molecular flexibility index (Phi) is 5.13. The maximum Gasteiger partial charge on any atom is 0.265 e. The van der Waals surface area contributed by atoms with Crippen LogP contribution in [-0.4, -0.2) is 25.5 Å². The highest BCUT2D eigenvalue weighted by atomic mass is 19.1. The minimum atomic E-state index is -0.558. The average molecular weight is 493 g/mol. The van der Waals surface area contributed by atoms with E-state index in [1.807, 2.05) is 49.4 Å². The van der Waals surface area contributed by atoms with Gasteiger partial charge < -0.3 is 15.8 Å². The topological polar surface area (TPSA) is 114 Å². The minimum absolute atomic E-state index is 0.0300. The maximum absolute atomic E-state index is 14.2.